The van der Waals surface area contributed by atoms with Gasteiger partial charge in [-0.25, -0.2) is 9.78 Å². The van der Waals surface area contributed by atoms with E-state index in [1.54, 1.807) is 23.8 Å². The molecule has 0 atom stereocenters. The van der Waals surface area contributed by atoms with Gasteiger partial charge in [0.05, 0.1) is 11.1 Å². The van der Waals surface area contributed by atoms with Gasteiger partial charge in [-0.3, -0.25) is 4.79 Å². The minimum absolute atomic E-state index is 0.0230. The van der Waals surface area contributed by atoms with Crippen molar-refractivity contribution >= 4 is 28.3 Å². The number of aromatic hydroxyl groups is 1. The smallest absolute Gasteiger partial charge is 0.355 e. The summed E-state index contributed by atoms with van der Waals surface area (Å²) in [6, 6.07) is 9.08. The number of hydrogen-bond donors (Lipinski definition) is 3. The number of benzene rings is 1. The molecular formula is C18H13N3O4S. The lowest BCUT2D eigenvalue weighted by Crippen LogP contribution is -2.09. The molecule has 0 aliphatic rings. The maximum absolute atomic E-state index is 11.8. The first-order chi connectivity index (χ1) is 12.5. The highest BCUT2D eigenvalue weighted by Gasteiger charge is 2.14. The molecule has 0 saturated heterocycles. The number of H-pyrrole nitrogens is 1. The first-order valence-corrected chi connectivity index (χ1v) is 8.56. The number of hydrogen-bond acceptors (Lipinski definition) is 5. The molecule has 0 spiro atoms. The van der Waals surface area contributed by atoms with Crippen molar-refractivity contribution in [1.82, 2.24) is 14.5 Å². The van der Waals surface area contributed by atoms with Crippen molar-refractivity contribution in [2.75, 3.05) is 0 Å². The van der Waals surface area contributed by atoms with E-state index < -0.39 is 5.97 Å². The Balaban J connectivity index is 1.78. The second-order valence-corrected chi connectivity index (χ2v) is 6.62. The third-order valence-corrected chi connectivity index (χ3v) is 5.06. The van der Waals surface area contributed by atoms with Gasteiger partial charge in [0, 0.05) is 22.8 Å². The lowest BCUT2D eigenvalue weighted by Gasteiger charge is -2.08. The maximum Gasteiger partial charge on any atom is 0.355 e. The Morgan fingerprint density at radius 2 is 1.96 bits per heavy atom. The number of aromatic amines is 1. The number of thiazole rings is 1. The van der Waals surface area contributed by atoms with E-state index in [1.807, 2.05) is 24.3 Å². The van der Waals surface area contributed by atoms with Crippen LogP contribution in [-0.2, 0) is 0 Å². The molecule has 0 radical (unpaired) electrons. The Hall–Kier alpha value is -3.39. The molecule has 4 rings (SSSR count). The Labute approximate surface area is 150 Å². The molecule has 7 nitrogen and oxygen atoms in total. The molecule has 8 heteroatoms. The average Bonchev–Trinajstić information content (AvgIpc) is 3.27. The average molecular weight is 367 g/mol. The minimum atomic E-state index is -1.05. The highest BCUT2D eigenvalue weighted by molar-refractivity contribution is 7.13. The van der Waals surface area contributed by atoms with Crippen molar-refractivity contribution in [1.29, 1.82) is 0 Å². The molecule has 4 aromatic rings. The van der Waals surface area contributed by atoms with Gasteiger partial charge in [-0.15, -0.1) is 11.3 Å². The van der Waals surface area contributed by atoms with Crippen molar-refractivity contribution in [3.8, 4) is 22.0 Å². The molecule has 1 aromatic carbocycles. The lowest BCUT2D eigenvalue weighted by atomic mass is 10.2. The van der Waals surface area contributed by atoms with E-state index in [0.29, 0.717) is 16.0 Å². The first-order valence-electron chi connectivity index (χ1n) is 7.68. The fourth-order valence-electron chi connectivity index (χ4n) is 2.76. The number of carboxylic acids is 1. The number of carbonyl (C=O) groups is 1. The zero-order valence-electron chi connectivity index (χ0n) is 13.6. The number of nitrogens with one attached hydrogen (secondary N) is 1. The van der Waals surface area contributed by atoms with Gasteiger partial charge in [-0.2, -0.15) is 0 Å². The summed E-state index contributed by atoms with van der Waals surface area (Å²) in [5, 5.41) is 21.4. The number of pyridine rings is 1. The quantitative estimate of drug-likeness (QED) is 0.515. The van der Waals surface area contributed by atoms with Crippen molar-refractivity contribution in [3.05, 3.63) is 63.5 Å². The summed E-state index contributed by atoms with van der Waals surface area (Å²) in [6.45, 7) is 1.57. The second kappa shape index (κ2) is 5.85. The largest absolute Gasteiger partial charge is 0.505 e. The molecule has 0 aliphatic carbocycles. The zero-order chi connectivity index (χ0) is 18.4. The highest BCUT2D eigenvalue weighted by atomic mass is 32.1. The van der Waals surface area contributed by atoms with Crippen LogP contribution in [0.1, 0.15) is 16.1 Å². The van der Waals surface area contributed by atoms with Crippen molar-refractivity contribution in [2.45, 2.75) is 6.92 Å². The monoisotopic (exact) mass is 367 g/mol. The van der Waals surface area contributed by atoms with E-state index in [4.69, 9.17) is 5.11 Å². The lowest BCUT2D eigenvalue weighted by molar-refractivity contribution is 0.0691. The van der Waals surface area contributed by atoms with Crippen LogP contribution in [0.5, 0.6) is 5.75 Å². The number of carboxylic acid groups (broad SMARTS) is 1. The van der Waals surface area contributed by atoms with Gasteiger partial charge in [-0.05, 0) is 37.3 Å². The molecule has 0 aliphatic heterocycles. The fourth-order valence-corrected chi connectivity index (χ4v) is 3.56. The molecule has 0 bridgehead atoms. The molecular weight excluding hydrogens is 354 g/mol. The Morgan fingerprint density at radius 3 is 2.62 bits per heavy atom. The van der Waals surface area contributed by atoms with E-state index in [9.17, 15) is 14.7 Å². The summed E-state index contributed by atoms with van der Waals surface area (Å²) in [6.07, 6.45) is 1.76. The Kier molecular flexibility index (Phi) is 3.62. The van der Waals surface area contributed by atoms with E-state index in [2.05, 4.69) is 9.97 Å². The van der Waals surface area contributed by atoms with Crippen LogP contribution >= 0.6 is 11.3 Å². The first kappa shape index (κ1) is 16.1. The molecule has 3 aromatic heterocycles. The van der Waals surface area contributed by atoms with Gasteiger partial charge in [0.25, 0.3) is 5.56 Å². The molecule has 0 unspecified atom stereocenters. The molecule has 130 valence electrons. The number of nitrogens with zero attached hydrogens (tertiary/aromatic N) is 2. The SMILES string of the molecule is Cc1c(O)c2c(ccn2-c2ccc(-c3nc(C(=O)O)cs3)cc2)[nH]c1=O. The van der Waals surface area contributed by atoms with Crippen LogP contribution in [0.3, 0.4) is 0 Å². The Bertz CT molecular complexity index is 1200. The normalized spacial score (nSPS) is 11.1. The van der Waals surface area contributed by atoms with Crippen LogP contribution in [-0.4, -0.2) is 30.7 Å². The van der Waals surface area contributed by atoms with E-state index in [1.165, 1.54) is 16.7 Å². The molecule has 0 fully saturated rings. The minimum Gasteiger partial charge on any atom is -0.505 e. The molecule has 3 heterocycles. The van der Waals surface area contributed by atoms with E-state index >= 15 is 0 Å². The summed E-state index contributed by atoms with van der Waals surface area (Å²) < 4.78 is 1.78. The summed E-state index contributed by atoms with van der Waals surface area (Å²) in [7, 11) is 0. The highest BCUT2D eigenvalue weighted by Crippen LogP contribution is 2.30. The standard InChI is InChI=1S/C18H13N3O4S/c1-9-15(22)14-12(19-16(9)23)6-7-21(14)11-4-2-10(3-5-11)17-20-13(8-26-17)18(24)25/h2-8H,1H3,(H,24,25)(H2,19,22,23). The van der Waals surface area contributed by atoms with Crippen LogP contribution in [0.15, 0.2) is 46.7 Å². The Morgan fingerprint density at radius 1 is 1.23 bits per heavy atom. The van der Waals surface area contributed by atoms with Crippen LogP contribution in [0.4, 0.5) is 0 Å². The van der Waals surface area contributed by atoms with Gasteiger partial charge in [0.15, 0.2) is 5.69 Å². The van der Waals surface area contributed by atoms with Crippen LogP contribution in [0.2, 0.25) is 0 Å². The topological polar surface area (TPSA) is 108 Å². The van der Waals surface area contributed by atoms with E-state index in [0.717, 1.165) is 11.3 Å². The number of aromatic carboxylic acids is 1. The summed E-state index contributed by atoms with van der Waals surface area (Å²) in [4.78, 5) is 29.6. The van der Waals surface area contributed by atoms with Crippen molar-refractivity contribution in [2.24, 2.45) is 0 Å². The van der Waals surface area contributed by atoms with Gasteiger partial charge in [-0.1, -0.05) is 0 Å². The number of aromatic nitrogens is 3. The number of rotatable bonds is 3. The van der Waals surface area contributed by atoms with Crippen LogP contribution in [0.25, 0.3) is 27.3 Å². The second-order valence-electron chi connectivity index (χ2n) is 5.77. The maximum atomic E-state index is 11.8. The zero-order valence-corrected chi connectivity index (χ0v) is 14.4. The molecule has 26 heavy (non-hydrogen) atoms. The summed E-state index contributed by atoms with van der Waals surface area (Å²) >= 11 is 1.26. The van der Waals surface area contributed by atoms with Crippen LogP contribution in [0, 0.1) is 6.92 Å². The van der Waals surface area contributed by atoms with E-state index in [-0.39, 0.29) is 22.6 Å². The van der Waals surface area contributed by atoms with Gasteiger partial charge >= 0.3 is 5.97 Å². The third kappa shape index (κ3) is 2.47. The van der Waals surface area contributed by atoms with Crippen LogP contribution < -0.4 is 5.56 Å². The fraction of sp³-hybridized carbons (Fsp3) is 0.0556. The van der Waals surface area contributed by atoms with Crippen molar-refractivity contribution < 1.29 is 15.0 Å². The third-order valence-electron chi connectivity index (χ3n) is 4.17. The summed E-state index contributed by atoms with van der Waals surface area (Å²) in [5.74, 6) is -1.10. The molecule has 0 saturated carbocycles. The predicted octanol–water partition coefficient (Wildman–Crippen LogP) is 3.15. The summed E-state index contributed by atoms with van der Waals surface area (Å²) in [5.41, 5.74) is 2.64. The molecule has 0 amide bonds. The number of fused-ring (bicyclic) bond motifs is 1. The van der Waals surface area contributed by atoms with Gasteiger partial charge < -0.3 is 19.8 Å². The van der Waals surface area contributed by atoms with Gasteiger partial charge in [0.2, 0.25) is 0 Å². The van der Waals surface area contributed by atoms with Gasteiger partial charge in [0.1, 0.15) is 16.3 Å². The predicted molar refractivity (Wildman–Crippen MR) is 98.4 cm³/mol. The molecule has 3 N–H and O–H groups in total. The van der Waals surface area contributed by atoms with Crippen molar-refractivity contribution in [3.63, 3.8) is 0 Å².